The van der Waals surface area contributed by atoms with Gasteiger partial charge in [-0.15, -0.1) is 5.10 Å². The molecular formula is C20H28N6O2. The van der Waals surface area contributed by atoms with Crippen LogP contribution in [0, 0.1) is 11.8 Å². The number of nitrogens with two attached hydrogens (primary N) is 1. The number of benzene rings is 1. The Labute approximate surface area is 165 Å². The third kappa shape index (κ3) is 4.02. The number of anilines is 1. The van der Waals surface area contributed by atoms with E-state index in [0.717, 1.165) is 49.4 Å². The minimum absolute atomic E-state index is 0.0838. The minimum atomic E-state index is 0.0838. The first-order valence-electron chi connectivity index (χ1n) is 9.91. The van der Waals surface area contributed by atoms with Crippen molar-refractivity contribution in [2.45, 2.75) is 25.4 Å². The van der Waals surface area contributed by atoms with Crippen LogP contribution in [0.15, 0.2) is 30.5 Å². The van der Waals surface area contributed by atoms with Gasteiger partial charge in [-0.3, -0.25) is 14.4 Å². The second-order valence-electron chi connectivity index (χ2n) is 7.77. The largest absolute Gasteiger partial charge is 0.399 e. The normalized spacial score (nSPS) is 26.3. The molecule has 8 nitrogen and oxygen atoms in total. The summed E-state index contributed by atoms with van der Waals surface area (Å²) in [6, 6.07) is 8.09. The van der Waals surface area contributed by atoms with Crippen LogP contribution in [0.3, 0.4) is 0 Å². The minimum Gasteiger partial charge on any atom is -0.399 e. The molecule has 1 aromatic carbocycles. The molecule has 150 valence electrons. The Morgan fingerprint density at radius 1 is 1.43 bits per heavy atom. The molecule has 5 rings (SSSR count). The number of hydrogen-bond donors (Lipinski definition) is 2. The second-order valence-corrected chi connectivity index (χ2v) is 7.77. The van der Waals surface area contributed by atoms with E-state index in [1.54, 1.807) is 7.11 Å². The molecule has 0 spiro atoms. The van der Waals surface area contributed by atoms with Gasteiger partial charge >= 0.3 is 0 Å². The number of hydrogen-bond acceptors (Lipinski definition) is 6. The summed E-state index contributed by atoms with van der Waals surface area (Å²) in [6.45, 7) is 3.80. The van der Waals surface area contributed by atoms with Crippen LogP contribution in [0.2, 0.25) is 0 Å². The maximum absolute atomic E-state index is 12.5. The van der Waals surface area contributed by atoms with Crippen molar-refractivity contribution < 1.29 is 9.53 Å². The first-order valence-corrected chi connectivity index (χ1v) is 9.91. The maximum atomic E-state index is 12.5. The van der Waals surface area contributed by atoms with E-state index < -0.39 is 0 Å². The molecule has 0 aliphatic carbocycles. The lowest BCUT2D eigenvalue weighted by Gasteiger charge is -2.49. The van der Waals surface area contributed by atoms with Gasteiger partial charge < -0.3 is 15.8 Å². The van der Waals surface area contributed by atoms with Crippen molar-refractivity contribution in [1.82, 2.24) is 25.2 Å². The lowest BCUT2D eigenvalue weighted by Crippen LogP contribution is -2.58. The summed E-state index contributed by atoms with van der Waals surface area (Å²) in [5.41, 5.74) is 8.40. The number of piperidine rings is 3. The number of nitrogens with zero attached hydrogens (tertiary/aromatic N) is 4. The van der Waals surface area contributed by atoms with E-state index in [4.69, 9.17) is 10.5 Å². The lowest BCUT2D eigenvalue weighted by atomic mass is 9.75. The summed E-state index contributed by atoms with van der Waals surface area (Å²) in [6.07, 6.45) is 4.09. The van der Waals surface area contributed by atoms with Crippen LogP contribution in [0.25, 0.3) is 11.3 Å². The third-order valence-electron chi connectivity index (χ3n) is 5.94. The predicted molar refractivity (Wildman–Crippen MR) is 106 cm³/mol. The highest BCUT2D eigenvalue weighted by Crippen LogP contribution is 2.37. The molecule has 4 heterocycles. The Morgan fingerprint density at radius 3 is 3.07 bits per heavy atom. The standard InChI is InChI=1S/C20H28N6O2/c1-28-8-6-22-20(27)18-12-25-7-5-14(18)10-17(25)11-26-13-19(23-24-26)15-3-2-4-16(21)9-15/h2-4,9,13-14,17-18H,5-8,10-12,21H2,1H3,(H,22,27)/t14-,17+,18-/m0/s1. The quantitative estimate of drug-likeness (QED) is 0.546. The van der Waals surface area contributed by atoms with Gasteiger partial charge in [-0.1, -0.05) is 17.3 Å². The highest BCUT2D eigenvalue weighted by molar-refractivity contribution is 5.79. The van der Waals surface area contributed by atoms with Crippen molar-refractivity contribution in [2.24, 2.45) is 11.8 Å². The van der Waals surface area contributed by atoms with Crippen molar-refractivity contribution in [3.8, 4) is 11.3 Å². The molecular weight excluding hydrogens is 356 g/mol. The first kappa shape index (κ1) is 18.9. The number of nitrogen functional groups attached to an aromatic ring is 1. The summed E-state index contributed by atoms with van der Waals surface area (Å²) in [4.78, 5) is 14.9. The van der Waals surface area contributed by atoms with Crippen molar-refractivity contribution in [2.75, 3.05) is 39.1 Å². The molecule has 2 bridgehead atoms. The van der Waals surface area contributed by atoms with E-state index in [0.29, 0.717) is 25.1 Å². The number of ether oxygens (including phenoxy) is 1. The van der Waals surface area contributed by atoms with Crippen LogP contribution in [-0.2, 0) is 16.1 Å². The summed E-state index contributed by atoms with van der Waals surface area (Å²) < 4.78 is 6.93. The number of amides is 1. The number of methoxy groups -OCH3 is 1. The van der Waals surface area contributed by atoms with Gasteiger partial charge in [0, 0.05) is 37.5 Å². The van der Waals surface area contributed by atoms with Crippen LogP contribution >= 0.6 is 0 Å². The van der Waals surface area contributed by atoms with Crippen molar-refractivity contribution in [3.63, 3.8) is 0 Å². The number of aromatic nitrogens is 3. The zero-order chi connectivity index (χ0) is 19.5. The molecule has 3 aliphatic rings. The fraction of sp³-hybridized carbons (Fsp3) is 0.550. The molecule has 0 saturated carbocycles. The molecule has 1 unspecified atom stereocenters. The molecule has 3 aliphatic heterocycles. The van der Waals surface area contributed by atoms with Gasteiger partial charge in [0.15, 0.2) is 0 Å². The average molecular weight is 384 g/mol. The first-order chi connectivity index (χ1) is 13.6. The highest BCUT2D eigenvalue weighted by atomic mass is 16.5. The van der Waals surface area contributed by atoms with Gasteiger partial charge in [0.05, 0.1) is 25.3 Å². The van der Waals surface area contributed by atoms with E-state index in [9.17, 15) is 4.79 Å². The topological polar surface area (TPSA) is 98.3 Å². The zero-order valence-corrected chi connectivity index (χ0v) is 16.3. The van der Waals surface area contributed by atoms with E-state index in [1.165, 1.54) is 0 Å². The molecule has 4 atom stereocenters. The van der Waals surface area contributed by atoms with E-state index in [-0.39, 0.29) is 11.8 Å². The van der Waals surface area contributed by atoms with Crippen LogP contribution in [-0.4, -0.2) is 65.2 Å². The van der Waals surface area contributed by atoms with Crippen molar-refractivity contribution in [3.05, 3.63) is 30.5 Å². The van der Waals surface area contributed by atoms with Gasteiger partial charge in [-0.25, -0.2) is 0 Å². The van der Waals surface area contributed by atoms with Crippen LogP contribution in [0.5, 0.6) is 0 Å². The smallest absolute Gasteiger partial charge is 0.224 e. The van der Waals surface area contributed by atoms with Gasteiger partial charge in [0.25, 0.3) is 0 Å². The molecule has 3 saturated heterocycles. The van der Waals surface area contributed by atoms with E-state index >= 15 is 0 Å². The van der Waals surface area contributed by atoms with Gasteiger partial charge in [-0.05, 0) is 37.4 Å². The van der Waals surface area contributed by atoms with E-state index in [2.05, 4.69) is 20.5 Å². The average Bonchev–Trinajstić information content (AvgIpc) is 3.17. The van der Waals surface area contributed by atoms with Gasteiger partial charge in [-0.2, -0.15) is 0 Å². The fourth-order valence-electron chi connectivity index (χ4n) is 4.47. The molecule has 3 N–H and O–H groups in total. The number of nitrogens with one attached hydrogen (secondary N) is 1. The maximum Gasteiger partial charge on any atom is 0.224 e. The predicted octanol–water partition coefficient (Wildman–Crippen LogP) is 1.00. The number of rotatable bonds is 7. The van der Waals surface area contributed by atoms with Gasteiger partial charge in [0.2, 0.25) is 5.91 Å². The number of fused-ring (bicyclic) bond motifs is 3. The fourth-order valence-corrected chi connectivity index (χ4v) is 4.47. The molecule has 2 aromatic rings. The van der Waals surface area contributed by atoms with Crippen LogP contribution < -0.4 is 11.1 Å². The third-order valence-corrected chi connectivity index (χ3v) is 5.94. The molecule has 1 amide bonds. The lowest BCUT2D eigenvalue weighted by molar-refractivity contribution is -0.133. The summed E-state index contributed by atoms with van der Waals surface area (Å²) in [5, 5.41) is 11.6. The Kier molecular flexibility index (Phi) is 5.59. The summed E-state index contributed by atoms with van der Waals surface area (Å²) in [5.74, 6) is 0.685. The molecule has 1 aromatic heterocycles. The van der Waals surface area contributed by atoms with Crippen molar-refractivity contribution in [1.29, 1.82) is 0 Å². The Balaban J connectivity index is 1.37. The zero-order valence-electron chi connectivity index (χ0n) is 16.3. The number of carbonyl (C=O) groups excluding carboxylic acids is 1. The summed E-state index contributed by atoms with van der Waals surface area (Å²) in [7, 11) is 1.65. The van der Waals surface area contributed by atoms with Crippen LogP contribution in [0.1, 0.15) is 12.8 Å². The summed E-state index contributed by atoms with van der Waals surface area (Å²) >= 11 is 0. The monoisotopic (exact) mass is 384 g/mol. The molecule has 28 heavy (non-hydrogen) atoms. The van der Waals surface area contributed by atoms with Crippen LogP contribution in [0.4, 0.5) is 5.69 Å². The van der Waals surface area contributed by atoms with Crippen molar-refractivity contribution >= 4 is 11.6 Å². The molecule has 8 heteroatoms. The molecule has 3 fully saturated rings. The SMILES string of the molecule is COCCNC(=O)[C@H]1CN2CC[C@H]1C[C@@H]2Cn1cc(-c2cccc(N)c2)nn1. The Morgan fingerprint density at radius 2 is 2.32 bits per heavy atom. The number of carbonyl (C=O) groups is 1. The highest BCUT2D eigenvalue weighted by Gasteiger charge is 2.43. The molecule has 0 radical (unpaired) electrons. The van der Waals surface area contributed by atoms with Gasteiger partial charge in [0.1, 0.15) is 5.69 Å². The Bertz CT molecular complexity index is 823. The second kappa shape index (κ2) is 8.28. The Hall–Kier alpha value is -2.45. The van der Waals surface area contributed by atoms with E-state index in [1.807, 2.05) is 35.1 Å².